The van der Waals surface area contributed by atoms with Crippen molar-refractivity contribution in [2.75, 3.05) is 6.54 Å². The van der Waals surface area contributed by atoms with Gasteiger partial charge in [0.1, 0.15) is 0 Å². The highest BCUT2D eigenvalue weighted by molar-refractivity contribution is 5.96. The summed E-state index contributed by atoms with van der Waals surface area (Å²) in [6.07, 6.45) is 6.28. The molecular formula is C17H21NO. The lowest BCUT2D eigenvalue weighted by Gasteiger charge is -2.06. The summed E-state index contributed by atoms with van der Waals surface area (Å²) in [4.78, 5) is 11.9. The van der Waals surface area contributed by atoms with Crippen LogP contribution in [0.25, 0.3) is 0 Å². The maximum Gasteiger partial charge on any atom is 0.250 e. The molecule has 0 aliphatic heterocycles. The average molecular weight is 255 g/mol. The van der Waals surface area contributed by atoms with Crippen molar-refractivity contribution < 1.29 is 4.79 Å². The molecule has 2 heteroatoms. The van der Waals surface area contributed by atoms with Crippen molar-refractivity contribution in [3.8, 4) is 0 Å². The van der Waals surface area contributed by atoms with Crippen LogP contribution in [0.15, 0.2) is 66.3 Å². The normalized spacial score (nSPS) is 11.6. The summed E-state index contributed by atoms with van der Waals surface area (Å²) in [6.45, 7) is 8.17. The number of carbonyl (C=O) groups excluding carboxylic acids is 1. The highest BCUT2D eigenvalue weighted by Gasteiger charge is 2.04. The van der Waals surface area contributed by atoms with E-state index in [4.69, 9.17) is 0 Å². The summed E-state index contributed by atoms with van der Waals surface area (Å²) < 4.78 is 0. The van der Waals surface area contributed by atoms with Gasteiger partial charge in [0, 0.05) is 12.1 Å². The summed E-state index contributed by atoms with van der Waals surface area (Å²) in [5.74, 6) is -0.0454. The molecule has 0 aliphatic rings. The van der Waals surface area contributed by atoms with Gasteiger partial charge in [-0.2, -0.15) is 0 Å². The van der Waals surface area contributed by atoms with Crippen LogP contribution in [0.4, 0.5) is 0 Å². The van der Waals surface area contributed by atoms with Crippen LogP contribution in [-0.4, -0.2) is 12.5 Å². The quantitative estimate of drug-likeness (QED) is 0.612. The number of amides is 1. The molecule has 0 radical (unpaired) electrons. The molecule has 0 aromatic heterocycles. The van der Waals surface area contributed by atoms with Crippen LogP contribution >= 0.6 is 0 Å². The van der Waals surface area contributed by atoms with Crippen molar-refractivity contribution >= 4 is 5.91 Å². The Morgan fingerprint density at radius 3 is 2.53 bits per heavy atom. The van der Waals surface area contributed by atoms with Gasteiger partial charge in [0.05, 0.1) is 0 Å². The van der Waals surface area contributed by atoms with Gasteiger partial charge < -0.3 is 5.32 Å². The molecule has 100 valence electrons. The maximum atomic E-state index is 11.9. The average Bonchev–Trinajstić information content (AvgIpc) is 2.40. The molecule has 0 bridgehead atoms. The third-order valence-corrected chi connectivity index (χ3v) is 2.66. The lowest BCUT2D eigenvalue weighted by molar-refractivity contribution is -0.117. The minimum absolute atomic E-state index is 0.0454. The van der Waals surface area contributed by atoms with Crippen molar-refractivity contribution in [3.05, 3.63) is 71.8 Å². The first-order valence-electron chi connectivity index (χ1n) is 6.45. The SMILES string of the molecule is C=C(C)/C=C\C(=C/C)C(=O)NCCc1ccccc1. The summed E-state index contributed by atoms with van der Waals surface area (Å²) in [7, 11) is 0. The largest absolute Gasteiger partial charge is 0.352 e. The van der Waals surface area contributed by atoms with E-state index >= 15 is 0 Å². The Bertz CT molecular complexity index is 483. The first-order chi connectivity index (χ1) is 9.13. The zero-order valence-corrected chi connectivity index (χ0v) is 11.6. The standard InChI is InChI=1S/C17H21NO/c1-4-16(11-10-14(2)3)17(19)18-13-12-15-8-6-5-7-9-15/h4-11H,2,12-13H2,1,3H3,(H,18,19)/b11-10-,16-4+. The number of nitrogens with one attached hydrogen (secondary N) is 1. The predicted octanol–water partition coefficient (Wildman–Crippen LogP) is 3.42. The van der Waals surface area contributed by atoms with Crippen LogP contribution < -0.4 is 5.32 Å². The van der Waals surface area contributed by atoms with Crippen LogP contribution in [0.2, 0.25) is 0 Å². The van der Waals surface area contributed by atoms with Gasteiger partial charge in [-0.05, 0) is 31.9 Å². The molecule has 0 aliphatic carbocycles. The molecule has 0 fully saturated rings. The molecule has 1 rings (SSSR count). The summed E-state index contributed by atoms with van der Waals surface area (Å²) in [5, 5.41) is 2.92. The Kier molecular flexibility index (Phi) is 6.37. The number of carbonyl (C=O) groups is 1. The van der Waals surface area contributed by atoms with Crippen molar-refractivity contribution in [2.24, 2.45) is 0 Å². The van der Waals surface area contributed by atoms with Gasteiger partial charge in [-0.3, -0.25) is 4.79 Å². The van der Waals surface area contributed by atoms with Gasteiger partial charge in [0.15, 0.2) is 0 Å². The van der Waals surface area contributed by atoms with Crippen molar-refractivity contribution in [2.45, 2.75) is 20.3 Å². The van der Waals surface area contributed by atoms with Crippen molar-refractivity contribution in [1.29, 1.82) is 0 Å². The first kappa shape index (κ1) is 15.0. The Morgan fingerprint density at radius 2 is 1.95 bits per heavy atom. The van der Waals surface area contributed by atoms with Crippen LogP contribution in [0, 0.1) is 0 Å². The van der Waals surface area contributed by atoms with Crippen LogP contribution in [-0.2, 0) is 11.2 Å². The van der Waals surface area contributed by atoms with E-state index in [1.807, 2.05) is 38.1 Å². The molecule has 1 aromatic rings. The van der Waals surface area contributed by atoms with E-state index in [1.54, 1.807) is 12.2 Å². The number of hydrogen-bond donors (Lipinski definition) is 1. The summed E-state index contributed by atoms with van der Waals surface area (Å²) in [6, 6.07) is 10.1. The molecule has 0 heterocycles. The number of allylic oxidation sites excluding steroid dienone is 3. The Labute approximate surface area is 115 Å². The first-order valence-corrected chi connectivity index (χ1v) is 6.45. The Hall–Kier alpha value is -2.09. The van der Waals surface area contributed by atoms with Crippen molar-refractivity contribution in [3.63, 3.8) is 0 Å². The molecule has 1 amide bonds. The topological polar surface area (TPSA) is 29.1 Å². The van der Waals surface area contributed by atoms with E-state index < -0.39 is 0 Å². The monoisotopic (exact) mass is 255 g/mol. The van der Waals surface area contributed by atoms with E-state index in [-0.39, 0.29) is 5.91 Å². The number of hydrogen-bond acceptors (Lipinski definition) is 1. The Morgan fingerprint density at radius 1 is 1.26 bits per heavy atom. The van der Waals surface area contributed by atoms with Crippen molar-refractivity contribution in [1.82, 2.24) is 5.32 Å². The van der Waals surface area contributed by atoms with Crippen LogP contribution in [0.3, 0.4) is 0 Å². The molecule has 0 saturated carbocycles. The van der Waals surface area contributed by atoms with E-state index in [9.17, 15) is 4.79 Å². The van der Waals surface area contributed by atoms with E-state index in [2.05, 4.69) is 24.0 Å². The Balaban J connectivity index is 2.44. The fraction of sp³-hybridized carbons (Fsp3) is 0.235. The molecule has 19 heavy (non-hydrogen) atoms. The zero-order chi connectivity index (χ0) is 14.1. The molecule has 2 nitrogen and oxygen atoms in total. The summed E-state index contributed by atoms with van der Waals surface area (Å²) in [5.41, 5.74) is 2.81. The van der Waals surface area contributed by atoms with Crippen LogP contribution in [0.5, 0.6) is 0 Å². The van der Waals surface area contributed by atoms with Gasteiger partial charge in [-0.15, -0.1) is 0 Å². The number of rotatable bonds is 6. The highest BCUT2D eigenvalue weighted by atomic mass is 16.1. The fourth-order valence-corrected chi connectivity index (χ4v) is 1.60. The second kappa shape index (κ2) is 8.09. The van der Waals surface area contributed by atoms with Gasteiger partial charge in [0.25, 0.3) is 5.91 Å². The molecule has 1 N–H and O–H groups in total. The smallest absolute Gasteiger partial charge is 0.250 e. The predicted molar refractivity (Wildman–Crippen MR) is 80.9 cm³/mol. The molecular weight excluding hydrogens is 234 g/mol. The lowest BCUT2D eigenvalue weighted by atomic mass is 10.1. The lowest BCUT2D eigenvalue weighted by Crippen LogP contribution is -2.26. The minimum Gasteiger partial charge on any atom is -0.352 e. The molecule has 0 spiro atoms. The van der Waals surface area contributed by atoms with Gasteiger partial charge in [0.2, 0.25) is 0 Å². The van der Waals surface area contributed by atoms with Gasteiger partial charge >= 0.3 is 0 Å². The van der Waals surface area contributed by atoms with E-state index in [1.165, 1.54) is 5.56 Å². The molecule has 0 atom stereocenters. The molecule has 0 unspecified atom stereocenters. The van der Waals surface area contributed by atoms with Gasteiger partial charge in [-0.1, -0.05) is 54.6 Å². The van der Waals surface area contributed by atoms with Gasteiger partial charge in [-0.25, -0.2) is 0 Å². The molecule has 1 aromatic carbocycles. The second-order valence-electron chi connectivity index (χ2n) is 4.42. The summed E-state index contributed by atoms with van der Waals surface area (Å²) >= 11 is 0. The van der Waals surface area contributed by atoms with E-state index in [0.717, 1.165) is 12.0 Å². The highest BCUT2D eigenvalue weighted by Crippen LogP contribution is 2.02. The maximum absolute atomic E-state index is 11.9. The van der Waals surface area contributed by atoms with Crippen LogP contribution in [0.1, 0.15) is 19.4 Å². The third kappa shape index (κ3) is 5.87. The third-order valence-electron chi connectivity index (χ3n) is 2.66. The fourth-order valence-electron chi connectivity index (χ4n) is 1.60. The second-order valence-corrected chi connectivity index (χ2v) is 4.42. The molecule has 0 saturated heterocycles. The number of benzene rings is 1. The van der Waals surface area contributed by atoms with E-state index in [0.29, 0.717) is 12.1 Å². The zero-order valence-electron chi connectivity index (χ0n) is 11.6. The minimum atomic E-state index is -0.0454.